The summed E-state index contributed by atoms with van der Waals surface area (Å²) in [5, 5.41) is 0. The summed E-state index contributed by atoms with van der Waals surface area (Å²) in [6.45, 7) is 0. The van der Waals surface area contributed by atoms with Gasteiger partial charge >= 0.3 is 0 Å². The number of hydrogen-bond acceptors (Lipinski definition) is 0. The van der Waals surface area contributed by atoms with E-state index in [9.17, 15) is 0 Å². The number of hydrogen-bond donors (Lipinski definition) is 0. The van der Waals surface area contributed by atoms with E-state index in [1.165, 1.54) is 22.3 Å². The Morgan fingerprint density at radius 1 is 0.737 bits per heavy atom. The molecule has 0 aliphatic heterocycles. The largest absolute Gasteiger partial charge is 0.0696 e. The van der Waals surface area contributed by atoms with Crippen molar-refractivity contribution >= 4 is 21.5 Å². The molecule has 1 heteroatoms. The highest BCUT2D eigenvalue weighted by Crippen LogP contribution is 2.29. The normalized spacial score (nSPS) is 14.8. The van der Waals surface area contributed by atoms with Gasteiger partial charge in [-0.15, -0.1) is 0 Å². The van der Waals surface area contributed by atoms with Crippen molar-refractivity contribution in [2.75, 3.05) is 0 Å². The molecule has 0 aromatic heterocycles. The average Bonchev–Trinajstić information content (AvgIpc) is 2.48. The second-order valence-electron chi connectivity index (χ2n) is 4.57. The van der Waals surface area contributed by atoms with Crippen molar-refractivity contribution in [1.29, 1.82) is 0 Å². The molecule has 1 aliphatic carbocycles. The van der Waals surface area contributed by atoms with Gasteiger partial charge in [-0.25, -0.2) is 0 Å². The molecule has 2 aromatic rings. The van der Waals surface area contributed by atoms with Gasteiger partial charge in [0.1, 0.15) is 0 Å². The van der Waals surface area contributed by atoms with Gasteiger partial charge < -0.3 is 0 Å². The summed E-state index contributed by atoms with van der Waals surface area (Å²) in [6.07, 6.45) is 7.58. The van der Waals surface area contributed by atoms with Crippen molar-refractivity contribution in [1.82, 2.24) is 0 Å². The zero-order valence-electron chi connectivity index (χ0n) is 10.5. The molecule has 0 atom stereocenters. The van der Waals surface area contributed by atoms with Crippen molar-refractivity contribution in [2.45, 2.75) is 6.42 Å². The quantitative estimate of drug-likeness (QED) is 0.675. The van der Waals surface area contributed by atoms with Crippen LogP contribution < -0.4 is 0 Å². The smallest absolute Gasteiger partial charge is 0.0138 e. The Morgan fingerprint density at radius 2 is 1.37 bits per heavy atom. The highest BCUT2D eigenvalue weighted by molar-refractivity contribution is 9.11. The van der Waals surface area contributed by atoms with Gasteiger partial charge in [-0.05, 0) is 41.2 Å². The molecule has 93 valence electrons. The summed E-state index contributed by atoms with van der Waals surface area (Å²) in [7, 11) is 0. The SMILES string of the molecule is BrC1=CC[CH]C(c2ccc(-c3ccccc3)cc2)=C1. The molecule has 0 unspecified atom stereocenters. The molecule has 0 heterocycles. The standard InChI is InChI=1S/C18H14Br/c19-18-8-4-7-17(13-18)16-11-9-15(10-12-16)14-5-2-1-3-6-14/h1-3,5-13H,4H2. The van der Waals surface area contributed by atoms with Crippen molar-refractivity contribution in [2.24, 2.45) is 0 Å². The minimum absolute atomic E-state index is 0.993. The second-order valence-corrected chi connectivity index (χ2v) is 5.49. The first-order valence-electron chi connectivity index (χ1n) is 6.39. The summed E-state index contributed by atoms with van der Waals surface area (Å²) >= 11 is 3.54. The minimum Gasteiger partial charge on any atom is -0.0696 e. The predicted octanol–water partition coefficient (Wildman–Crippen LogP) is 5.62. The van der Waals surface area contributed by atoms with E-state index in [1.54, 1.807) is 0 Å². The van der Waals surface area contributed by atoms with Crippen LogP contribution in [0.3, 0.4) is 0 Å². The Labute approximate surface area is 122 Å². The monoisotopic (exact) mass is 309 g/mol. The lowest BCUT2D eigenvalue weighted by Crippen LogP contribution is -1.90. The number of halogens is 1. The Hall–Kier alpha value is -1.60. The lowest BCUT2D eigenvalue weighted by Gasteiger charge is -2.11. The van der Waals surface area contributed by atoms with Gasteiger partial charge in [0.05, 0.1) is 0 Å². The Morgan fingerprint density at radius 3 is 2.05 bits per heavy atom. The zero-order chi connectivity index (χ0) is 13.1. The summed E-state index contributed by atoms with van der Waals surface area (Å²) in [4.78, 5) is 0. The van der Waals surface area contributed by atoms with E-state index in [4.69, 9.17) is 0 Å². The van der Waals surface area contributed by atoms with Crippen molar-refractivity contribution in [3.8, 4) is 11.1 Å². The number of allylic oxidation sites excluding steroid dienone is 4. The zero-order valence-corrected chi connectivity index (χ0v) is 12.1. The predicted molar refractivity (Wildman–Crippen MR) is 85.8 cm³/mol. The molecule has 2 aromatic carbocycles. The molecule has 0 N–H and O–H groups in total. The number of rotatable bonds is 2. The van der Waals surface area contributed by atoms with Crippen LogP contribution in [0.25, 0.3) is 16.7 Å². The average molecular weight is 310 g/mol. The van der Waals surface area contributed by atoms with Crippen LogP contribution in [0.4, 0.5) is 0 Å². The molecule has 0 fully saturated rings. The van der Waals surface area contributed by atoms with Crippen LogP contribution in [-0.2, 0) is 0 Å². The molecular formula is C18H14Br. The molecule has 0 bridgehead atoms. The molecule has 3 rings (SSSR count). The van der Waals surface area contributed by atoms with Gasteiger partial charge in [0.15, 0.2) is 0 Å². The first kappa shape index (κ1) is 12.4. The van der Waals surface area contributed by atoms with Crippen molar-refractivity contribution in [3.63, 3.8) is 0 Å². The maximum absolute atomic E-state index is 3.54. The molecule has 0 amide bonds. The van der Waals surface area contributed by atoms with E-state index in [0.717, 1.165) is 10.9 Å². The second kappa shape index (κ2) is 5.58. The molecule has 19 heavy (non-hydrogen) atoms. The Bertz CT molecular complexity index is 618. The van der Waals surface area contributed by atoms with E-state index in [1.807, 2.05) is 6.07 Å². The van der Waals surface area contributed by atoms with Gasteiger partial charge in [0.25, 0.3) is 0 Å². The fourth-order valence-corrected chi connectivity index (χ4v) is 2.69. The Kier molecular flexibility index (Phi) is 3.65. The summed E-state index contributed by atoms with van der Waals surface area (Å²) < 4.78 is 1.16. The van der Waals surface area contributed by atoms with Crippen LogP contribution in [0.5, 0.6) is 0 Å². The van der Waals surface area contributed by atoms with Gasteiger partial charge in [0, 0.05) is 4.48 Å². The Balaban J connectivity index is 1.90. The van der Waals surface area contributed by atoms with E-state index in [2.05, 4.69) is 83.0 Å². The molecule has 1 aliphatic rings. The van der Waals surface area contributed by atoms with Crippen LogP contribution in [0.2, 0.25) is 0 Å². The van der Waals surface area contributed by atoms with Gasteiger partial charge in [0.2, 0.25) is 0 Å². The van der Waals surface area contributed by atoms with E-state index < -0.39 is 0 Å². The first-order chi connectivity index (χ1) is 9.33. The van der Waals surface area contributed by atoms with Crippen LogP contribution in [0, 0.1) is 6.42 Å². The molecule has 0 nitrogen and oxygen atoms in total. The summed E-state index contributed by atoms with van der Waals surface area (Å²) in [6, 6.07) is 19.2. The molecule has 1 radical (unpaired) electrons. The van der Waals surface area contributed by atoms with Crippen molar-refractivity contribution in [3.05, 3.63) is 83.2 Å². The summed E-state index contributed by atoms with van der Waals surface area (Å²) in [5.74, 6) is 0. The first-order valence-corrected chi connectivity index (χ1v) is 7.19. The topological polar surface area (TPSA) is 0 Å². The van der Waals surface area contributed by atoms with Gasteiger partial charge in [-0.2, -0.15) is 0 Å². The van der Waals surface area contributed by atoms with E-state index >= 15 is 0 Å². The van der Waals surface area contributed by atoms with Gasteiger partial charge in [-0.1, -0.05) is 76.6 Å². The van der Waals surface area contributed by atoms with Crippen LogP contribution in [0.15, 0.2) is 71.2 Å². The molecule has 0 saturated heterocycles. The van der Waals surface area contributed by atoms with Crippen LogP contribution in [-0.4, -0.2) is 0 Å². The van der Waals surface area contributed by atoms with Crippen LogP contribution in [0.1, 0.15) is 12.0 Å². The third kappa shape index (κ3) is 2.87. The lowest BCUT2D eigenvalue weighted by molar-refractivity contribution is 1.27. The van der Waals surface area contributed by atoms with Crippen LogP contribution >= 0.6 is 15.9 Å². The molecular weight excluding hydrogens is 296 g/mol. The maximum Gasteiger partial charge on any atom is 0.0138 e. The highest BCUT2D eigenvalue weighted by atomic mass is 79.9. The third-order valence-corrected chi connectivity index (χ3v) is 3.82. The highest BCUT2D eigenvalue weighted by Gasteiger charge is 2.07. The van der Waals surface area contributed by atoms with Crippen molar-refractivity contribution < 1.29 is 0 Å². The molecule has 0 saturated carbocycles. The fourth-order valence-electron chi connectivity index (χ4n) is 2.25. The molecule has 0 spiro atoms. The maximum atomic E-state index is 3.54. The van der Waals surface area contributed by atoms with E-state index in [-0.39, 0.29) is 0 Å². The minimum atomic E-state index is 0.993. The lowest BCUT2D eigenvalue weighted by atomic mass is 9.95. The van der Waals surface area contributed by atoms with Gasteiger partial charge in [-0.3, -0.25) is 0 Å². The number of benzene rings is 2. The fraction of sp³-hybridized carbons (Fsp3) is 0.0556. The summed E-state index contributed by atoms with van der Waals surface area (Å²) in [5.41, 5.74) is 5.07. The third-order valence-electron chi connectivity index (χ3n) is 3.27. The van der Waals surface area contributed by atoms with E-state index in [0.29, 0.717) is 0 Å².